The molecule has 0 saturated carbocycles. The molecule has 90 valence electrons. The van der Waals surface area contributed by atoms with Crippen molar-refractivity contribution >= 4 is 23.1 Å². The van der Waals surface area contributed by atoms with Crippen LogP contribution in [0.15, 0.2) is 35.7 Å². The van der Waals surface area contributed by atoms with Crippen LogP contribution in [0.5, 0.6) is 0 Å². The van der Waals surface area contributed by atoms with Gasteiger partial charge in [-0.2, -0.15) is 11.8 Å². The van der Waals surface area contributed by atoms with Gasteiger partial charge < -0.3 is 0 Å². The third-order valence-corrected chi connectivity index (χ3v) is 4.71. The summed E-state index contributed by atoms with van der Waals surface area (Å²) < 4.78 is 0. The molecule has 2 aromatic rings. The highest BCUT2D eigenvalue weighted by Gasteiger charge is 2.04. The number of aromatic nitrogens is 1. The lowest BCUT2D eigenvalue weighted by Gasteiger charge is -2.01. The molecule has 1 aromatic carbocycles. The monoisotopic (exact) mass is 263 g/mol. The fourth-order valence-electron chi connectivity index (χ4n) is 1.50. The average molecular weight is 263 g/mol. The highest BCUT2D eigenvalue weighted by Crippen LogP contribution is 2.24. The molecular formula is C14H17NS2. The molecule has 1 nitrogen and oxygen atoms in total. The maximum absolute atomic E-state index is 4.68. The van der Waals surface area contributed by atoms with E-state index in [1.54, 1.807) is 11.3 Å². The van der Waals surface area contributed by atoms with E-state index in [9.17, 15) is 0 Å². The van der Waals surface area contributed by atoms with Crippen LogP contribution in [0.4, 0.5) is 0 Å². The molecule has 2 rings (SSSR count). The summed E-state index contributed by atoms with van der Waals surface area (Å²) in [5, 5.41) is 3.38. The van der Waals surface area contributed by atoms with Crippen molar-refractivity contribution in [1.29, 1.82) is 0 Å². The lowest BCUT2D eigenvalue weighted by molar-refractivity contribution is 0.750. The zero-order chi connectivity index (χ0) is 12.1. The molecule has 1 heterocycles. The number of rotatable bonds is 5. The maximum Gasteiger partial charge on any atom is 0.103 e. The molecule has 0 aliphatic carbocycles. The normalized spacial score (nSPS) is 11.0. The van der Waals surface area contributed by atoms with Crippen LogP contribution in [0.25, 0.3) is 11.3 Å². The van der Waals surface area contributed by atoms with Gasteiger partial charge in [0, 0.05) is 16.7 Å². The minimum absolute atomic E-state index is 0.758. The van der Waals surface area contributed by atoms with Gasteiger partial charge >= 0.3 is 0 Å². The largest absolute Gasteiger partial charge is 0.240 e. The SMILES string of the molecule is CC(C)CSCc1nc(-c2ccccc2)cs1. The lowest BCUT2D eigenvalue weighted by Crippen LogP contribution is -1.91. The number of thiazole rings is 1. The molecule has 3 heteroatoms. The summed E-state index contributed by atoms with van der Waals surface area (Å²) in [7, 11) is 0. The molecule has 0 radical (unpaired) electrons. The van der Waals surface area contributed by atoms with Gasteiger partial charge in [-0.3, -0.25) is 0 Å². The minimum Gasteiger partial charge on any atom is -0.240 e. The Kier molecular flexibility index (Phi) is 4.63. The molecule has 0 saturated heterocycles. The fourth-order valence-corrected chi connectivity index (χ4v) is 3.44. The summed E-state index contributed by atoms with van der Waals surface area (Å²) in [6.07, 6.45) is 0. The zero-order valence-electron chi connectivity index (χ0n) is 10.2. The van der Waals surface area contributed by atoms with Crippen LogP contribution in [-0.4, -0.2) is 10.7 Å². The van der Waals surface area contributed by atoms with Gasteiger partial charge in [0.15, 0.2) is 0 Å². The number of hydrogen-bond donors (Lipinski definition) is 0. The molecular weight excluding hydrogens is 246 g/mol. The molecule has 0 unspecified atom stereocenters. The number of thioether (sulfide) groups is 1. The Bertz CT molecular complexity index is 448. The van der Waals surface area contributed by atoms with Crippen LogP contribution in [0.3, 0.4) is 0 Å². The summed E-state index contributed by atoms with van der Waals surface area (Å²) >= 11 is 3.73. The van der Waals surface area contributed by atoms with Crippen LogP contribution in [0.1, 0.15) is 18.9 Å². The summed E-state index contributed by atoms with van der Waals surface area (Å²) in [5.74, 6) is 3.00. The van der Waals surface area contributed by atoms with Gasteiger partial charge in [0.05, 0.1) is 5.69 Å². The van der Waals surface area contributed by atoms with Gasteiger partial charge in [0.25, 0.3) is 0 Å². The molecule has 0 fully saturated rings. The first kappa shape index (κ1) is 12.7. The third kappa shape index (κ3) is 3.86. The second kappa shape index (κ2) is 6.22. The molecule has 0 aliphatic rings. The standard InChI is InChI=1S/C14H17NS2/c1-11(2)8-16-10-14-15-13(9-17-14)12-6-4-3-5-7-12/h3-7,9,11H,8,10H2,1-2H3. The quantitative estimate of drug-likeness (QED) is 0.775. The smallest absolute Gasteiger partial charge is 0.103 e. The summed E-state index contributed by atoms with van der Waals surface area (Å²) in [6.45, 7) is 4.51. The van der Waals surface area contributed by atoms with E-state index >= 15 is 0 Å². The van der Waals surface area contributed by atoms with Crippen molar-refractivity contribution in [3.63, 3.8) is 0 Å². The van der Waals surface area contributed by atoms with E-state index in [1.165, 1.54) is 16.3 Å². The number of nitrogens with zero attached hydrogens (tertiary/aromatic N) is 1. The predicted octanol–water partition coefficient (Wildman–Crippen LogP) is 4.70. The Balaban J connectivity index is 1.97. The number of hydrogen-bond acceptors (Lipinski definition) is 3. The van der Waals surface area contributed by atoms with Crippen LogP contribution in [-0.2, 0) is 5.75 Å². The molecule has 0 aliphatic heterocycles. The minimum atomic E-state index is 0.758. The van der Waals surface area contributed by atoms with Crippen molar-refractivity contribution < 1.29 is 0 Å². The Morgan fingerprint density at radius 3 is 2.71 bits per heavy atom. The van der Waals surface area contributed by atoms with Gasteiger partial charge in [-0.15, -0.1) is 11.3 Å². The molecule has 0 spiro atoms. The van der Waals surface area contributed by atoms with E-state index in [2.05, 4.69) is 48.5 Å². The van der Waals surface area contributed by atoms with Gasteiger partial charge in [0.2, 0.25) is 0 Å². The summed E-state index contributed by atoms with van der Waals surface area (Å²) in [4.78, 5) is 4.68. The third-order valence-electron chi connectivity index (χ3n) is 2.30. The Labute approximate surface area is 111 Å². The first-order valence-electron chi connectivity index (χ1n) is 5.83. The van der Waals surface area contributed by atoms with Crippen molar-refractivity contribution in [2.45, 2.75) is 19.6 Å². The molecule has 17 heavy (non-hydrogen) atoms. The molecule has 0 atom stereocenters. The van der Waals surface area contributed by atoms with E-state index in [-0.39, 0.29) is 0 Å². The highest BCUT2D eigenvalue weighted by molar-refractivity contribution is 7.98. The Morgan fingerprint density at radius 1 is 1.24 bits per heavy atom. The summed E-state index contributed by atoms with van der Waals surface area (Å²) in [5.41, 5.74) is 2.32. The Hall–Kier alpha value is -0.800. The Morgan fingerprint density at radius 2 is 2.00 bits per heavy atom. The van der Waals surface area contributed by atoms with Crippen LogP contribution in [0, 0.1) is 5.92 Å². The van der Waals surface area contributed by atoms with Crippen LogP contribution in [0.2, 0.25) is 0 Å². The summed E-state index contributed by atoms with van der Waals surface area (Å²) in [6, 6.07) is 10.4. The highest BCUT2D eigenvalue weighted by atomic mass is 32.2. The first-order chi connectivity index (χ1) is 8.25. The van der Waals surface area contributed by atoms with Crippen molar-refractivity contribution in [2.24, 2.45) is 5.92 Å². The average Bonchev–Trinajstić information content (AvgIpc) is 2.78. The van der Waals surface area contributed by atoms with E-state index < -0.39 is 0 Å². The van der Waals surface area contributed by atoms with Crippen molar-refractivity contribution in [3.8, 4) is 11.3 Å². The fraction of sp³-hybridized carbons (Fsp3) is 0.357. The molecule has 0 N–H and O–H groups in total. The second-order valence-electron chi connectivity index (χ2n) is 4.40. The number of benzene rings is 1. The van der Waals surface area contributed by atoms with E-state index in [4.69, 9.17) is 0 Å². The first-order valence-corrected chi connectivity index (χ1v) is 7.86. The molecule has 1 aromatic heterocycles. The van der Waals surface area contributed by atoms with Crippen LogP contribution < -0.4 is 0 Å². The van der Waals surface area contributed by atoms with Crippen molar-refractivity contribution in [1.82, 2.24) is 4.98 Å². The molecule has 0 bridgehead atoms. The van der Waals surface area contributed by atoms with Gasteiger partial charge in [-0.25, -0.2) is 4.98 Å². The van der Waals surface area contributed by atoms with Gasteiger partial charge in [-0.05, 0) is 11.7 Å². The lowest BCUT2D eigenvalue weighted by atomic mass is 10.2. The predicted molar refractivity (Wildman–Crippen MR) is 78.6 cm³/mol. The maximum atomic E-state index is 4.68. The zero-order valence-corrected chi connectivity index (χ0v) is 11.9. The van der Waals surface area contributed by atoms with Crippen LogP contribution >= 0.6 is 23.1 Å². The second-order valence-corrected chi connectivity index (χ2v) is 6.37. The van der Waals surface area contributed by atoms with Gasteiger partial charge in [0.1, 0.15) is 5.01 Å². The van der Waals surface area contributed by atoms with E-state index in [1.807, 2.05) is 17.8 Å². The van der Waals surface area contributed by atoms with E-state index in [0.29, 0.717) is 0 Å². The topological polar surface area (TPSA) is 12.9 Å². The van der Waals surface area contributed by atoms with Crippen molar-refractivity contribution in [3.05, 3.63) is 40.7 Å². The van der Waals surface area contributed by atoms with Gasteiger partial charge in [-0.1, -0.05) is 44.2 Å². The van der Waals surface area contributed by atoms with Crippen molar-refractivity contribution in [2.75, 3.05) is 5.75 Å². The van der Waals surface area contributed by atoms with E-state index in [0.717, 1.165) is 17.4 Å². The molecule has 0 amide bonds.